The molecule has 1 atom stereocenters. The van der Waals surface area contributed by atoms with E-state index in [2.05, 4.69) is 15.6 Å². The molecule has 1 fully saturated rings. The van der Waals surface area contributed by atoms with E-state index < -0.39 is 0 Å². The van der Waals surface area contributed by atoms with E-state index in [1.807, 2.05) is 11.0 Å². The SMILES string of the molecule is O=C(c1csc2c1CCCC2)N1CC[C@@H](c2ccn[nH]2)C1. The quantitative estimate of drug-likeness (QED) is 0.927. The van der Waals surface area contributed by atoms with Gasteiger partial charge in [-0.2, -0.15) is 5.10 Å². The number of amides is 1. The van der Waals surface area contributed by atoms with Gasteiger partial charge in [0.05, 0.1) is 5.56 Å². The number of H-pyrrole nitrogens is 1. The van der Waals surface area contributed by atoms with E-state index in [0.29, 0.717) is 5.92 Å². The zero-order chi connectivity index (χ0) is 14.2. The van der Waals surface area contributed by atoms with Crippen molar-refractivity contribution in [2.45, 2.75) is 38.0 Å². The van der Waals surface area contributed by atoms with Crippen molar-refractivity contribution < 1.29 is 4.79 Å². The molecule has 0 bridgehead atoms. The highest BCUT2D eigenvalue weighted by molar-refractivity contribution is 7.10. The minimum Gasteiger partial charge on any atom is -0.338 e. The molecular weight excluding hydrogens is 282 g/mol. The van der Waals surface area contributed by atoms with E-state index >= 15 is 0 Å². The fraction of sp³-hybridized carbons (Fsp3) is 0.500. The first-order valence-corrected chi connectivity index (χ1v) is 8.58. The lowest BCUT2D eigenvalue weighted by Gasteiger charge is -2.18. The summed E-state index contributed by atoms with van der Waals surface area (Å²) in [7, 11) is 0. The van der Waals surface area contributed by atoms with E-state index in [1.54, 1.807) is 17.5 Å². The summed E-state index contributed by atoms with van der Waals surface area (Å²) in [6.07, 6.45) is 7.55. The second-order valence-corrected chi connectivity index (χ2v) is 6.97. The van der Waals surface area contributed by atoms with Gasteiger partial charge in [0.25, 0.3) is 5.91 Å². The maximum Gasteiger partial charge on any atom is 0.255 e. The van der Waals surface area contributed by atoms with Gasteiger partial charge in [0.2, 0.25) is 0 Å². The Morgan fingerprint density at radius 1 is 1.38 bits per heavy atom. The van der Waals surface area contributed by atoms with Crippen molar-refractivity contribution in [3.8, 4) is 0 Å². The van der Waals surface area contributed by atoms with Gasteiger partial charge in [-0.15, -0.1) is 11.3 Å². The van der Waals surface area contributed by atoms with Crippen LogP contribution in [0.1, 0.15) is 51.7 Å². The van der Waals surface area contributed by atoms with Gasteiger partial charge >= 0.3 is 0 Å². The molecule has 1 saturated heterocycles. The maximum atomic E-state index is 12.8. The van der Waals surface area contributed by atoms with Crippen LogP contribution in [0.15, 0.2) is 17.6 Å². The number of rotatable bonds is 2. The average molecular weight is 301 g/mol. The lowest BCUT2D eigenvalue weighted by molar-refractivity contribution is 0.0790. The minimum absolute atomic E-state index is 0.233. The van der Waals surface area contributed by atoms with E-state index in [0.717, 1.165) is 43.6 Å². The monoisotopic (exact) mass is 301 g/mol. The van der Waals surface area contributed by atoms with Gasteiger partial charge in [-0.3, -0.25) is 9.89 Å². The zero-order valence-electron chi connectivity index (χ0n) is 12.0. The summed E-state index contributed by atoms with van der Waals surface area (Å²) in [5.41, 5.74) is 3.46. The lowest BCUT2D eigenvalue weighted by Crippen LogP contribution is -2.29. The molecule has 1 amide bonds. The molecule has 3 heterocycles. The molecule has 4 nitrogen and oxygen atoms in total. The fourth-order valence-corrected chi connectivity index (χ4v) is 4.66. The molecule has 2 aromatic heterocycles. The number of fused-ring (bicyclic) bond motifs is 1. The van der Waals surface area contributed by atoms with Gasteiger partial charge < -0.3 is 4.90 Å². The van der Waals surface area contributed by atoms with Crippen LogP contribution in [0.4, 0.5) is 0 Å². The third-order valence-corrected chi connectivity index (χ3v) is 5.82. The second kappa shape index (κ2) is 5.30. The average Bonchev–Trinajstić information content (AvgIpc) is 3.25. The topological polar surface area (TPSA) is 49.0 Å². The van der Waals surface area contributed by atoms with Crippen LogP contribution in [0.5, 0.6) is 0 Å². The third-order valence-electron chi connectivity index (χ3n) is 4.73. The Bertz CT molecular complexity index is 647. The first kappa shape index (κ1) is 13.1. The summed E-state index contributed by atoms with van der Waals surface area (Å²) in [5.74, 6) is 0.641. The van der Waals surface area contributed by atoms with Crippen molar-refractivity contribution in [2.24, 2.45) is 0 Å². The molecule has 1 aliphatic carbocycles. The van der Waals surface area contributed by atoms with Crippen molar-refractivity contribution in [2.75, 3.05) is 13.1 Å². The number of thiophene rings is 1. The predicted octanol–water partition coefficient (Wildman–Crippen LogP) is 2.98. The highest BCUT2D eigenvalue weighted by Gasteiger charge is 2.31. The van der Waals surface area contributed by atoms with Gasteiger partial charge in [-0.1, -0.05) is 0 Å². The Morgan fingerprint density at radius 2 is 2.29 bits per heavy atom. The number of hydrogen-bond acceptors (Lipinski definition) is 3. The Hall–Kier alpha value is -1.62. The molecule has 1 N–H and O–H groups in total. The maximum absolute atomic E-state index is 12.8. The first-order valence-electron chi connectivity index (χ1n) is 7.70. The van der Waals surface area contributed by atoms with Crippen LogP contribution in [-0.2, 0) is 12.8 Å². The fourth-order valence-electron chi connectivity index (χ4n) is 3.54. The number of nitrogens with zero attached hydrogens (tertiary/aromatic N) is 2. The summed E-state index contributed by atoms with van der Waals surface area (Å²) in [6.45, 7) is 1.67. The van der Waals surface area contributed by atoms with Crippen LogP contribution in [0.3, 0.4) is 0 Å². The van der Waals surface area contributed by atoms with Crippen molar-refractivity contribution >= 4 is 17.2 Å². The standard InChI is InChI=1S/C16H19N3OS/c20-16(13-10-21-15-4-2-1-3-12(13)15)19-8-6-11(9-19)14-5-7-17-18-14/h5,7,10-11H,1-4,6,8-9H2,(H,17,18)/t11-/m1/s1. The van der Waals surface area contributed by atoms with Crippen molar-refractivity contribution in [1.82, 2.24) is 15.1 Å². The van der Waals surface area contributed by atoms with E-state index in [9.17, 15) is 4.79 Å². The van der Waals surface area contributed by atoms with Crippen LogP contribution < -0.4 is 0 Å². The molecule has 21 heavy (non-hydrogen) atoms. The summed E-state index contributed by atoms with van der Waals surface area (Å²) in [4.78, 5) is 16.3. The number of aromatic amines is 1. The smallest absolute Gasteiger partial charge is 0.255 e. The molecule has 0 aromatic carbocycles. The molecule has 0 unspecified atom stereocenters. The second-order valence-electron chi connectivity index (χ2n) is 6.01. The van der Waals surface area contributed by atoms with Crippen LogP contribution in [0, 0.1) is 0 Å². The molecule has 2 aliphatic rings. The van der Waals surface area contributed by atoms with E-state index in [-0.39, 0.29) is 5.91 Å². The number of aromatic nitrogens is 2. The predicted molar refractivity (Wildman–Crippen MR) is 82.8 cm³/mol. The number of aryl methyl sites for hydroxylation is 1. The largest absolute Gasteiger partial charge is 0.338 e. The number of likely N-dealkylation sites (tertiary alicyclic amines) is 1. The van der Waals surface area contributed by atoms with Gasteiger partial charge in [0.1, 0.15) is 0 Å². The molecule has 0 spiro atoms. The Morgan fingerprint density at radius 3 is 3.14 bits per heavy atom. The molecule has 5 heteroatoms. The van der Waals surface area contributed by atoms with Crippen LogP contribution in [0.2, 0.25) is 0 Å². The zero-order valence-corrected chi connectivity index (χ0v) is 12.8. The lowest BCUT2D eigenvalue weighted by atomic mass is 9.95. The summed E-state index contributed by atoms with van der Waals surface area (Å²) >= 11 is 1.77. The normalized spacial score (nSPS) is 21.5. The van der Waals surface area contributed by atoms with Crippen molar-refractivity contribution in [1.29, 1.82) is 0 Å². The molecule has 1 aliphatic heterocycles. The summed E-state index contributed by atoms with van der Waals surface area (Å²) in [6, 6.07) is 2.02. The Kier molecular flexibility index (Phi) is 3.30. The number of carbonyl (C=O) groups is 1. The van der Waals surface area contributed by atoms with Gasteiger partial charge in [-0.05, 0) is 43.7 Å². The van der Waals surface area contributed by atoms with Gasteiger partial charge in [0.15, 0.2) is 0 Å². The van der Waals surface area contributed by atoms with Crippen molar-refractivity contribution in [3.63, 3.8) is 0 Å². The molecule has 110 valence electrons. The van der Waals surface area contributed by atoms with Gasteiger partial charge in [-0.25, -0.2) is 0 Å². The van der Waals surface area contributed by atoms with Gasteiger partial charge in [0, 0.05) is 41.2 Å². The highest BCUT2D eigenvalue weighted by atomic mass is 32.1. The molecule has 4 rings (SSSR count). The summed E-state index contributed by atoms with van der Waals surface area (Å²) in [5, 5.41) is 9.14. The van der Waals surface area contributed by atoms with Crippen molar-refractivity contribution in [3.05, 3.63) is 39.3 Å². The number of nitrogens with one attached hydrogen (secondary N) is 1. The first-order chi connectivity index (χ1) is 10.3. The summed E-state index contributed by atoms with van der Waals surface area (Å²) < 4.78 is 0. The third kappa shape index (κ3) is 2.29. The Balaban J connectivity index is 1.52. The minimum atomic E-state index is 0.233. The molecule has 0 radical (unpaired) electrons. The van der Waals surface area contributed by atoms with Crippen LogP contribution in [-0.4, -0.2) is 34.1 Å². The molecular formula is C16H19N3OS. The number of hydrogen-bond donors (Lipinski definition) is 1. The van der Waals surface area contributed by atoms with Crippen LogP contribution in [0.25, 0.3) is 0 Å². The Labute approximate surface area is 128 Å². The molecule has 2 aromatic rings. The highest BCUT2D eigenvalue weighted by Crippen LogP contribution is 2.33. The van der Waals surface area contributed by atoms with Crippen LogP contribution >= 0.6 is 11.3 Å². The molecule has 0 saturated carbocycles. The van der Waals surface area contributed by atoms with E-state index in [4.69, 9.17) is 0 Å². The van der Waals surface area contributed by atoms with E-state index in [1.165, 1.54) is 23.3 Å². The number of carbonyl (C=O) groups excluding carboxylic acids is 1.